The average molecular weight is 403 g/mol. The summed E-state index contributed by atoms with van der Waals surface area (Å²) in [7, 11) is 1.31. The number of benzene rings is 1. The van der Waals surface area contributed by atoms with Crippen molar-refractivity contribution in [3.63, 3.8) is 0 Å². The Balaban J connectivity index is 1.65. The molecule has 0 unspecified atom stereocenters. The van der Waals surface area contributed by atoms with E-state index in [4.69, 9.17) is 5.11 Å². The molecular formula is C19H21N3O5S. The van der Waals surface area contributed by atoms with Gasteiger partial charge >= 0.3 is 11.7 Å². The molecule has 1 aliphatic rings. The molecule has 148 valence electrons. The number of carbonyl (C=O) groups is 2. The summed E-state index contributed by atoms with van der Waals surface area (Å²) in [6.45, 7) is 0.124. The van der Waals surface area contributed by atoms with Crippen LogP contribution in [0.4, 0.5) is 5.69 Å². The van der Waals surface area contributed by atoms with E-state index in [0.717, 1.165) is 30.5 Å². The zero-order chi connectivity index (χ0) is 20.1. The van der Waals surface area contributed by atoms with E-state index in [-0.39, 0.29) is 24.8 Å². The highest BCUT2D eigenvalue weighted by Gasteiger charge is 2.22. The second-order valence-electron chi connectivity index (χ2n) is 6.26. The van der Waals surface area contributed by atoms with E-state index >= 15 is 0 Å². The Morgan fingerprint density at radius 2 is 2.04 bits per heavy atom. The fourth-order valence-corrected chi connectivity index (χ4v) is 4.05. The van der Waals surface area contributed by atoms with Crippen LogP contribution in [-0.2, 0) is 28.9 Å². The highest BCUT2D eigenvalue weighted by molar-refractivity contribution is 8.00. The quantitative estimate of drug-likeness (QED) is 0.407. The molecule has 2 aromatic rings. The number of hydrogen-bond acceptors (Lipinski definition) is 7. The predicted octanol–water partition coefficient (Wildman–Crippen LogP) is 1.24. The Morgan fingerprint density at radius 1 is 1.29 bits per heavy atom. The van der Waals surface area contributed by atoms with Crippen LogP contribution in [0.1, 0.15) is 28.0 Å². The highest BCUT2D eigenvalue weighted by atomic mass is 32.2. The number of hydrogen-bond donors (Lipinski definition) is 2. The molecule has 9 heteroatoms. The lowest BCUT2D eigenvalue weighted by Gasteiger charge is -2.13. The standard InChI is InChI=1S/C19H21N3O5S/c1-27-18(25)12-5-7-13(8-6-12)20-16(24)11-28-17-14-3-2-4-15(14)22(9-10-23)19(26)21-17/h5-8,23H,2-4,9-11H2,1H3,(H,20,24). The first-order chi connectivity index (χ1) is 13.5. The number of aliphatic hydroxyl groups is 1. The minimum absolute atomic E-state index is 0.113. The molecule has 0 saturated heterocycles. The molecule has 28 heavy (non-hydrogen) atoms. The van der Waals surface area contributed by atoms with E-state index < -0.39 is 11.7 Å². The first kappa shape index (κ1) is 20.1. The van der Waals surface area contributed by atoms with Crippen LogP contribution in [0.25, 0.3) is 0 Å². The van der Waals surface area contributed by atoms with Crippen molar-refractivity contribution in [1.29, 1.82) is 0 Å². The molecule has 0 fully saturated rings. The molecule has 0 aliphatic heterocycles. The van der Waals surface area contributed by atoms with E-state index in [2.05, 4.69) is 15.0 Å². The average Bonchev–Trinajstić information content (AvgIpc) is 3.18. The smallest absolute Gasteiger partial charge is 0.348 e. The molecule has 2 N–H and O–H groups in total. The number of esters is 1. The van der Waals surface area contributed by atoms with Crippen molar-refractivity contribution >= 4 is 29.3 Å². The molecule has 1 heterocycles. The number of anilines is 1. The lowest BCUT2D eigenvalue weighted by molar-refractivity contribution is -0.113. The summed E-state index contributed by atoms with van der Waals surface area (Å²) in [5.41, 5.74) is 2.48. The Bertz CT molecular complexity index is 940. The van der Waals surface area contributed by atoms with Crippen LogP contribution in [0.5, 0.6) is 0 Å². The molecule has 3 rings (SSSR count). The number of aliphatic hydroxyl groups excluding tert-OH is 1. The fourth-order valence-electron chi connectivity index (χ4n) is 3.17. The van der Waals surface area contributed by atoms with Gasteiger partial charge in [-0.15, -0.1) is 0 Å². The van der Waals surface area contributed by atoms with Gasteiger partial charge in [-0.2, -0.15) is 4.98 Å². The third-order valence-electron chi connectivity index (χ3n) is 4.45. The minimum Gasteiger partial charge on any atom is -0.465 e. The summed E-state index contributed by atoms with van der Waals surface area (Å²) in [5, 5.41) is 12.5. The molecular weight excluding hydrogens is 382 g/mol. The maximum atomic E-state index is 12.2. The van der Waals surface area contributed by atoms with Crippen molar-refractivity contribution in [3.05, 3.63) is 51.6 Å². The Hall–Kier alpha value is -2.65. The number of fused-ring (bicyclic) bond motifs is 1. The number of ether oxygens (including phenoxy) is 1. The number of aromatic nitrogens is 2. The van der Waals surface area contributed by atoms with Crippen molar-refractivity contribution in [2.24, 2.45) is 0 Å². The second kappa shape index (κ2) is 9.03. The maximum Gasteiger partial charge on any atom is 0.348 e. The van der Waals surface area contributed by atoms with E-state index in [0.29, 0.717) is 16.3 Å². The maximum absolute atomic E-state index is 12.2. The Morgan fingerprint density at radius 3 is 2.71 bits per heavy atom. The summed E-state index contributed by atoms with van der Waals surface area (Å²) in [6.07, 6.45) is 2.52. The van der Waals surface area contributed by atoms with E-state index in [1.54, 1.807) is 24.3 Å². The normalized spacial score (nSPS) is 12.5. The van der Waals surface area contributed by atoms with Gasteiger partial charge in [-0.25, -0.2) is 9.59 Å². The molecule has 1 aromatic carbocycles. The van der Waals surface area contributed by atoms with Crippen LogP contribution in [0.3, 0.4) is 0 Å². The summed E-state index contributed by atoms with van der Waals surface area (Å²) in [5.74, 6) is -0.560. The van der Waals surface area contributed by atoms with Gasteiger partial charge in [-0.3, -0.25) is 9.36 Å². The van der Waals surface area contributed by atoms with Crippen molar-refractivity contribution in [2.45, 2.75) is 30.8 Å². The number of nitrogens with zero attached hydrogens (tertiary/aromatic N) is 2. The zero-order valence-corrected chi connectivity index (χ0v) is 16.3. The van der Waals surface area contributed by atoms with Crippen LogP contribution in [0.2, 0.25) is 0 Å². The second-order valence-corrected chi connectivity index (χ2v) is 7.22. The van der Waals surface area contributed by atoms with Gasteiger partial charge in [-0.1, -0.05) is 11.8 Å². The van der Waals surface area contributed by atoms with Crippen molar-refractivity contribution in [1.82, 2.24) is 9.55 Å². The van der Waals surface area contributed by atoms with Crippen molar-refractivity contribution < 1.29 is 19.4 Å². The van der Waals surface area contributed by atoms with Crippen LogP contribution in [-0.4, -0.2) is 46.0 Å². The SMILES string of the molecule is COC(=O)c1ccc(NC(=O)CSc2nc(=O)n(CCO)c3c2CCC3)cc1. The lowest BCUT2D eigenvalue weighted by atomic mass is 10.2. The third kappa shape index (κ3) is 4.42. The summed E-state index contributed by atoms with van der Waals surface area (Å²) < 4.78 is 6.16. The van der Waals surface area contributed by atoms with Gasteiger partial charge in [0.15, 0.2) is 0 Å². The largest absolute Gasteiger partial charge is 0.465 e. The summed E-state index contributed by atoms with van der Waals surface area (Å²) in [4.78, 5) is 40.0. The van der Waals surface area contributed by atoms with Gasteiger partial charge in [0.05, 0.1) is 31.6 Å². The molecule has 0 saturated carbocycles. The molecule has 1 amide bonds. The topological polar surface area (TPSA) is 111 Å². The van der Waals surface area contributed by atoms with E-state index in [1.165, 1.54) is 23.4 Å². The molecule has 1 aliphatic carbocycles. The molecule has 0 atom stereocenters. The van der Waals surface area contributed by atoms with Crippen LogP contribution in [0.15, 0.2) is 34.1 Å². The van der Waals surface area contributed by atoms with Crippen LogP contribution >= 0.6 is 11.8 Å². The number of rotatable bonds is 7. The number of thioether (sulfide) groups is 1. The molecule has 8 nitrogen and oxygen atoms in total. The van der Waals surface area contributed by atoms with Gasteiger partial charge in [-0.05, 0) is 43.5 Å². The van der Waals surface area contributed by atoms with E-state index in [1.807, 2.05) is 0 Å². The number of carbonyl (C=O) groups excluding carboxylic acids is 2. The number of methoxy groups -OCH3 is 1. The summed E-state index contributed by atoms with van der Waals surface area (Å²) in [6, 6.07) is 6.40. The predicted molar refractivity (Wildman–Crippen MR) is 105 cm³/mol. The molecule has 0 radical (unpaired) electrons. The Kier molecular flexibility index (Phi) is 6.48. The van der Waals surface area contributed by atoms with Gasteiger partial charge in [0.2, 0.25) is 5.91 Å². The fraction of sp³-hybridized carbons (Fsp3) is 0.368. The van der Waals surface area contributed by atoms with Crippen molar-refractivity contribution in [3.8, 4) is 0 Å². The zero-order valence-electron chi connectivity index (χ0n) is 15.4. The van der Waals surface area contributed by atoms with Gasteiger partial charge in [0.1, 0.15) is 5.03 Å². The van der Waals surface area contributed by atoms with E-state index in [9.17, 15) is 14.4 Å². The minimum atomic E-state index is -0.440. The number of nitrogens with one attached hydrogen (secondary N) is 1. The monoisotopic (exact) mass is 403 g/mol. The van der Waals surface area contributed by atoms with Crippen molar-refractivity contribution in [2.75, 3.05) is 24.8 Å². The first-order valence-corrected chi connectivity index (χ1v) is 9.86. The van der Waals surface area contributed by atoms with Crippen LogP contribution in [0, 0.1) is 0 Å². The van der Waals surface area contributed by atoms with Gasteiger partial charge in [0.25, 0.3) is 0 Å². The van der Waals surface area contributed by atoms with Crippen LogP contribution < -0.4 is 11.0 Å². The lowest BCUT2D eigenvalue weighted by Crippen LogP contribution is -2.28. The molecule has 0 spiro atoms. The number of amides is 1. The summed E-state index contributed by atoms with van der Waals surface area (Å²) >= 11 is 1.23. The van der Waals surface area contributed by atoms with Gasteiger partial charge < -0.3 is 15.2 Å². The third-order valence-corrected chi connectivity index (χ3v) is 5.47. The molecule has 0 bridgehead atoms. The Labute approximate surface area is 165 Å². The van der Waals surface area contributed by atoms with Gasteiger partial charge in [0, 0.05) is 16.9 Å². The molecule has 1 aromatic heterocycles. The highest BCUT2D eigenvalue weighted by Crippen LogP contribution is 2.29. The first-order valence-electron chi connectivity index (χ1n) is 8.88.